The summed E-state index contributed by atoms with van der Waals surface area (Å²) in [6, 6.07) is 3.68. The molecular weight excluding hydrogens is 264 g/mol. The van der Waals surface area contributed by atoms with E-state index in [1.807, 2.05) is 12.1 Å². The highest BCUT2D eigenvalue weighted by atomic mass is 16.2. The van der Waals surface area contributed by atoms with Crippen molar-refractivity contribution in [2.24, 2.45) is 11.1 Å². The molecule has 0 radical (unpaired) electrons. The minimum absolute atomic E-state index is 0.0280. The molecule has 0 saturated heterocycles. The van der Waals surface area contributed by atoms with Crippen molar-refractivity contribution in [1.29, 1.82) is 0 Å². The smallest absolute Gasteiger partial charge is 0.254 e. The molecule has 1 aromatic rings. The van der Waals surface area contributed by atoms with E-state index >= 15 is 0 Å². The molecule has 5 heteroatoms. The van der Waals surface area contributed by atoms with E-state index in [1.54, 1.807) is 25.2 Å². The molecule has 0 bridgehead atoms. The molecule has 1 aliphatic rings. The Morgan fingerprint density at radius 2 is 2.05 bits per heavy atom. The van der Waals surface area contributed by atoms with E-state index in [1.165, 1.54) is 32.1 Å². The molecule has 0 atom stereocenters. The van der Waals surface area contributed by atoms with Gasteiger partial charge < -0.3 is 16.0 Å². The normalized spacial score (nSPS) is 17.3. The van der Waals surface area contributed by atoms with Gasteiger partial charge in [-0.3, -0.25) is 4.79 Å². The first-order chi connectivity index (χ1) is 10.1. The van der Waals surface area contributed by atoms with E-state index in [9.17, 15) is 4.79 Å². The highest BCUT2D eigenvalue weighted by molar-refractivity contribution is 5.93. The minimum Gasteiger partial charge on any atom is -0.369 e. The second-order valence-corrected chi connectivity index (χ2v) is 6.25. The van der Waals surface area contributed by atoms with Crippen molar-refractivity contribution in [3.05, 3.63) is 23.9 Å². The number of hydrogen-bond donors (Lipinski definition) is 2. The highest BCUT2D eigenvalue weighted by Gasteiger charge is 2.30. The van der Waals surface area contributed by atoms with Gasteiger partial charge in [-0.15, -0.1) is 0 Å². The topological polar surface area (TPSA) is 71.2 Å². The summed E-state index contributed by atoms with van der Waals surface area (Å²) in [6.45, 7) is 1.58. The lowest BCUT2D eigenvalue weighted by Gasteiger charge is -2.36. The lowest BCUT2D eigenvalue weighted by Crippen LogP contribution is -2.39. The van der Waals surface area contributed by atoms with Crippen LogP contribution in [0.1, 0.15) is 42.5 Å². The average molecular weight is 290 g/mol. The molecule has 1 aliphatic carbocycles. The van der Waals surface area contributed by atoms with Crippen molar-refractivity contribution >= 4 is 11.7 Å². The molecule has 116 valence electrons. The summed E-state index contributed by atoms with van der Waals surface area (Å²) < 4.78 is 0. The van der Waals surface area contributed by atoms with Crippen molar-refractivity contribution in [3.8, 4) is 0 Å². The van der Waals surface area contributed by atoms with Gasteiger partial charge in [0, 0.05) is 26.8 Å². The maximum absolute atomic E-state index is 11.8. The fraction of sp³-hybridized carbons (Fsp3) is 0.625. The van der Waals surface area contributed by atoms with Crippen LogP contribution in [-0.2, 0) is 0 Å². The largest absolute Gasteiger partial charge is 0.369 e. The number of aromatic nitrogens is 1. The van der Waals surface area contributed by atoms with Crippen LogP contribution in [0.5, 0.6) is 0 Å². The van der Waals surface area contributed by atoms with Gasteiger partial charge in [0.25, 0.3) is 5.91 Å². The molecule has 5 nitrogen and oxygen atoms in total. The van der Waals surface area contributed by atoms with Gasteiger partial charge in [0.15, 0.2) is 0 Å². The predicted molar refractivity (Wildman–Crippen MR) is 85.3 cm³/mol. The first-order valence-corrected chi connectivity index (χ1v) is 7.68. The second kappa shape index (κ2) is 6.89. The predicted octanol–water partition coefficient (Wildman–Crippen LogP) is 2.10. The number of hydrogen-bond acceptors (Lipinski definition) is 4. The van der Waals surface area contributed by atoms with Crippen LogP contribution in [-0.4, -0.2) is 43.0 Å². The maximum atomic E-state index is 11.8. The van der Waals surface area contributed by atoms with Crippen molar-refractivity contribution in [3.63, 3.8) is 0 Å². The SMILES string of the molecule is CN(C)C(=O)c1ccc(NCC2(CN)CCCCC2)nc1. The number of carbonyl (C=O) groups excluding carboxylic acids is 1. The van der Waals surface area contributed by atoms with Gasteiger partial charge in [0.1, 0.15) is 5.82 Å². The monoisotopic (exact) mass is 290 g/mol. The summed E-state index contributed by atoms with van der Waals surface area (Å²) >= 11 is 0. The Hall–Kier alpha value is -1.62. The van der Waals surface area contributed by atoms with Gasteiger partial charge in [0.05, 0.1) is 5.56 Å². The van der Waals surface area contributed by atoms with Gasteiger partial charge in [0.2, 0.25) is 0 Å². The molecule has 1 fully saturated rings. The molecule has 1 amide bonds. The molecule has 2 rings (SSSR count). The lowest BCUT2D eigenvalue weighted by molar-refractivity contribution is 0.0827. The minimum atomic E-state index is -0.0280. The van der Waals surface area contributed by atoms with Crippen molar-refractivity contribution < 1.29 is 4.79 Å². The fourth-order valence-electron chi connectivity index (χ4n) is 2.92. The van der Waals surface area contributed by atoms with E-state index in [2.05, 4.69) is 10.3 Å². The molecule has 0 aliphatic heterocycles. The van der Waals surface area contributed by atoms with Crippen LogP contribution < -0.4 is 11.1 Å². The summed E-state index contributed by atoms with van der Waals surface area (Å²) in [5, 5.41) is 3.39. The Morgan fingerprint density at radius 3 is 2.57 bits per heavy atom. The molecule has 1 saturated carbocycles. The van der Waals surface area contributed by atoms with Gasteiger partial charge in [-0.1, -0.05) is 19.3 Å². The number of amides is 1. The number of carbonyl (C=O) groups is 1. The second-order valence-electron chi connectivity index (χ2n) is 6.25. The maximum Gasteiger partial charge on any atom is 0.254 e. The summed E-state index contributed by atoms with van der Waals surface area (Å²) in [4.78, 5) is 17.7. The van der Waals surface area contributed by atoms with Crippen LogP contribution in [0.15, 0.2) is 18.3 Å². The Labute approximate surface area is 126 Å². The Morgan fingerprint density at radius 1 is 1.33 bits per heavy atom. The van der Waals surface area contributed by atoms with Crippen LogP contribution in [0.25, 0.3) is 0 Å². The number of nitrogens with one attached hydrogen (secondary N) is 1. The summed E-state index contributed by atoms with van der Waals surface area (Å²) in [5.41, 5.74) is 6.80. The average Bonchev–Trinajstić information content (AvgIpc) is 2.53. The first kappa shape index (κ1) is 15.8. The van der Waals surface area contributed by atoms with Crippen LogP contribution in [0.3, 0.4) is 0 Å². The zero-order chi connectivity index (χ0) is 15.3. The van der Waals surface area contributed by atoms with Gasteiger partial charge in [-0.2, -0.15) is 0 Å². The Bertz CT molecular complexity index is 464. The number of nitrogens with zero attached hydrogens (tertiary/aromatic N) is 2. The quantitative estimate of drug-likeness (QED) is 0.871. The lowest BCUT2D eigenvalue weighted by atomic mass is 9.74. The summed E-state index contributed by atoms with van der Waals surface area (Å²) in [7, 11) is 3.48. The molecule has 21 heavy (non-hydrogen) atoms. The third-order valence-electron chi connectivity index (χ3n) is 4.41. The zero-order valence-corrected chi connectivity index (χ0v) is 13.1. The molecule has 0 aromatic carbocycles. The van der Waals surface area contributed by atoms with Gasteiger partial charge >= 0.3 is 0 Å². The third kappa shape index (κ3) is 3.94. The zero-order valence-electron chi connectivity index (χ0n) is 13.1. The van der Waals surface area contributed by atoms with Gasteiger partial charge in [-0.25, -0.2) is 4.98 Å². The Kier molecular flexibility index (Phi) is 5.17. The number of anilines is 1. The van der Waals surface area contributed by atoms with E-state index < -0.39 is 0 Å². The highest BCUT2D eigenvalue weighted by Crippen LogP contribution is 2.35. The fourth-order valence-corrected chi connectivity index (χ4v) is 2.92. The van der Waals surface area contributed by atoms with Gasteiger partial charge in [-0.05, 0) is 36.9 Å². The Balaban J connectivity index is 1.95. The van der Waals surface area contributed by atoms with Crippen molar-refractivity contribution in [2.45, 2.75) is 32.1 Å². The van der Waals surface area contributed by atoms with Crippen LogP contribution in [0.4, 0.5) is 5.82 Å². The number of rotatable bonds is 5. The summed E-state index contributed by atoms with van der Waals surface area (Å²) in [6.07, 6.45) is 7.86. The number of nitrogens with two attached hydrogens (primary N) is 1. The molecule has 1 heterocycles. The van der Waals surface area contributed by atoms with Crippen LogP contribution in [0.2, 0.25) is 0 Å². The first-order valence-electron chi connectivity index (χ1n) is 7.68. The molecule has 0 spiro atoms. The third-order valence-corrected chi connectivity index (χ3v) is 4.41. The standard InChI is InChI=1S/C16H26N4O/c1-20(2)15(21)13-6-7-14(18-10-13)19-12-16(11-17)8-4-3-5-9-16/h6-7,10H,3-5,8-9,11-12,17H2,1-2H3,(H,18,19). The van der Waals surface area contributed by atoms with Crippen LogP contribution in [0, 0.1) is 5.41 Å². The van der Waals surface area contributed by atoms with Crippen molar-refractivity contribution in [1.82, 2.24) is 9.88 Å². The van der Waals surface area contributed by atoms with E-state index in [0.717, 1.165) is 18.9 Å². The molecular formula is C16H26N4O. The van der Waals surface area contributed by atoms with E-state index in [-0.39, 0.29) is 11.3 Å². The molecule has 0 unspecified atom stereocenters. The molecule has 1 aromatic heterocycles. The molecule has 3 N–H and O–H groups in total. The number of pyridine rings is 1. The summed E-state index contributed by atoms with van der Waals surface area (Å²) in [5.74, 6) is 0.781. The van der Waals surface area contributed by atoms with Crippen molar-refractivity contribution in [2.75, 3.05) is 32.5 Å². The van der Waals surface area contributed by atoms with Crippen LogP contribution >= 0.6 is 0 Å². The van der Waals surface area contributed by atoms with E-state index in [4.69, 9.17) is 5.73 Å². The van der Waals surface area contributed by atoms with E-state index in [0.29, 0.717) is 5.56 Å².